The zero-order valence-electron chi connectivity index (χ0n) is 17.0. The summed E-state index contributed by atoms with van der Waals surface area (Å²) in [5, 5.41) is 7.94. The summed E-state index contributed by atoms with van der Waals surface area (Å²) < 4.78 is 5.52. The van der Waals surface area contributed by atoms with Gasteiger partial charge in [-0.25, -0.2) is 4.79 Å². The Hall–Kier alpha value is -3.35. The van der Waals surface area contributed by atoms with Crippen molar-refractivity contribution >= 4 is 23.5 Å². The summed E-state index contributed by atoms with van der Waals surface area (Å²) in [6.45, 7) is 1.73. The molecule has 0 radical (unpaired) electrons. The number of amides is 4. The molecule has 1 aliphatic rings. The Bertz CT molecular complexity index is 885. The molecule has 4 amide bonds. The van der Waals surface area contributed by atoms with Crippen molar-refractivity contribution < 1.29 is 19.1 Å². The van der Waals surface area contributed by atoms with Gasteiger partial charge in [-0.2, -0.15) is 0 Å². The molecule has 0 unspecified atom stereocenters. The highest BCUT2D eigenvalue weighted by atomic mass is 16.5. The van der Waals surface area contributed by atoms with Gasteiger partial charge in [0, 0.05) is 11.7 Å². The van der Waals surface area contributed by atoms with Crippen LogP contribution in [0.5, 0.6) is 5.75 Å². The number of nitrogens with one attached hydrogen (secondary N) is 3. The van der Waals surface area contributed by atoms with Crippen LogP contribution in [0.15, 0.2) is 54.6 Å². The topological polar surface area (TPSA) is 96.5 Å². The molecule has 7 heteroatoms. The second-order valence-corrected chi connectivity index (χ2v) is 7.49. The summed E-state index contributed by atoms with van der Waals surface area (Å²) in [5.74, 6) is -0.260. The SMILES string of the molecule is C[C@H]1CCCC[C@H]1NC(=O)NC(=O)COc1ccccc1C(=O)Nc1ccccc1. The number of carbonyl (C=O) groups excluding carboxylic acids is 3. The van der Waals surface area contributed by atoms with Crippen LogP contribution in [0.4, 0.5) is 10.5 Å². The number of imide groups is 1. The molecular formula is C23H27N3O4. The maximum absolute atomic E-state index is 12.6. The van der Waals surface area contributed by atoms with Gasteiger partial charge in [-0.05, 0) is 43.0 Å². The first-order valence-corrected chi connectivity index (χ1v) is 10.2. The number of benzene rings is 2. The summed E-state index contributed by atoms with van der Waals surface area (Å²) in [5.41, 5.74) is 0.957. The second kappa shape index (κ2) is 10.4. The van der Waals surface area contributed by atoms with Gasteiger partial charge in [-0.3, -0.25) is 14.9 Å². The minimum Gasteiger partial charge on any atom is -0.483 e. The van der Waals surface area contributed by atoms with Crippen molar-refractivity contribution in [2.45, 2.75) is 38.6 Å². The van der Waals surface area contributed by atoms with E-state index in [-0.39, 0.29) is 24.3 Å². The van der Waals surface area contributed by atoms with Crippen LogP contribution in [0.2, 0.25) is 0 Å². The van der Waals surface area contributed by atoms with E-state index in [0.717, 1.165) is 19.3 Å². The van der Waals surface area contributed by atoms with Crippen LogP contribution in [-0.2, 0) is 4.79 Å². The van der Waals surface area contributed by atoms with Crippen molar-refractivity contribution in [1.29, 1.82) is 0 Å². The van der Waals surface area contributed by atoms with Gasteiger partial charge < -0.3 is 15.4 Å². The highest BCUT2D eigenvalue weighted by Crippen LogP contribution is 2.23. The van der Waals surface area contributed by atoms with Crippen LogP contribution < -0.4 is 20.7 Å². The number of ether oxygens (including phenoxy) is 1. The van der Waals surface area contributed by atoms with E-state index in [4.69, 9.17) is 4.74 Å². The summed E-state index contributed by atoms with van der Waals surface area (Å²) >= 11 is 0. The van der Waals surface area contributed by atoms with Crippen LogP contribution in [-0.4, -0.2) is 30.5 Å². The van der Waals surface area contributed by atoms with Gasteiger partial charge in [-0.1, -0.05) is 50.1 Å². The average molecular weight is 409 g/mol. The lowest BCUT2D eigenvalue weighted by atomic mass is 9.86. The molecule has 0 heterocycles. The molecule has 3 rings (SSSR count). The van der Waals surface area contributed by atoms with Crippen LogP contribution in [0.1, 0.15) is 43.0 Å². The monoisotopic (exact) mass is 409 g/mol. The summed E-state index contributed by atoms with van der Waals surface area (Å²) in [7, 11) is 0. The zero-order valence-corrected chi connectivity index (χ0v) is 17.0. The molecule has 0 spiro atoms. The summed E-state index contributed by atoms with van der Waals surface area (Å²) in [6.07, 6.45) is 4.24. The van der Waals surface area contributed by atoms with Crippen molar-refractivity contribution in [3.63, 3.8) is 0 Å². The third-order valence-electron chi connectivity index (χ3n) is 5.20. The van der Waals surface area contributed by atoms with E-state index in [0.29, 0.717) is 17.2 Å². The molecule has 1 fully saturated rings. The molecule has 0 bridgehead atoms. The predicted molar refractivity (Wildman–Crippen MR) is 114 cm³/mol. The van der Waals surface area contributed by atoms with Gasteiger partial charge in [0.15, 0.2) is 6.61 Å². The number of hydrogen-bond acceptors (Lipinski definition) is 4. The van der Waals surface area contributed by atoms with E-state index in [9.17, 15) is 14.4 Å². The molecule has 2 aromatic rings. The van der Waals surface area contributed by atoms with Gasteiger partial charge in [0.25, 0.3) is 11.8 Å². The molecule has 0 aromatic heterocycles. The fourth-order valence-electron chi connectivity index (χ4n) is 3.54. The standard InChI is InChI=1S/C23H27N3O4/c1-16-9-5-7-13-19(16)25-23(29)26-21(27)15-30-20-14-8-6-12-18(20)22(28)24-17-10-3-2-4-11-17/h2-4,6,8,10-12,14,16,19H,5,7,9,13,15H2,1H3,(H,24,28)(H2,25,26,27,29)/t16-,19+/m0/s1. The fraction of sp³-hybridized carbons (Fsp3) is 0.348. The summed E-state index contributed by atoms with van der Waals surface area (Å²) in [6, 6.07) is 15.3. The first kappa shape index (κ1) is 21.4. The van der Waals surface area contributed by atoms with Crippen LogP contribution >= 0.6 is 0 Å². The van der Waals surface area contributed by atoms with Crippen molar-refractivity contribution in [3.05, 3.63) is 60.2 Å². The van der Waals surface area contributed by atoms with Crippen molar-refractivity contribution in [2.24, 2.45) is 5.92 Å². The quantitative estimate of drug-likeness (QED) is 0.677. The Labute approximate surface area is 176 Å². The number of carbonyl (C=O) groups is 3. The third-order valence-corrected chi connectivity index (χ3v) is 5.20. The molecule has 0 saturated heterocycles. The number of hydrogen-bond donors (Lipinski definition) is 3. The Balaban J connectivity index is 1.52. The maximum atomic E-state index is 12.6. The lowest BCUT2D eigenvalue weighted by molar-refractivity contribution is -0.122. The minimum absolute atomic E-state index is 0.0786. The van der Waals surface area contributed by atoms with Gasteiger partial charge in [0.05, 0.1) is 5.56 Å². The molecule has 1 saturated carbocycles. The van der Waals surface area contributed by atoms with Crippen molar-refractivity contribution in [3.8, 4) is 5.75 Å². The van der Waals surface area contributed by atoms with E-state index < -0.39 is 11.9 Å². The van der Waals surface area contributed by atoms with Gasteiger partial charge in [0.2, 0.25) is 0 Å². The van der Waals surface area contributed by atoms with Crippen LogP contribution in [0, 0.1) is 5.92 Å². The van der Waals surface area contributed by atoms with Crippen molar-refractivity contribution in [1.82, 2.24) is 10.6 Å². The van der Waals surface area contributed by atoms with E-state index in [1.54, 1.807) is 36.4 Å². The highest BCUT2D eigenvalue weighted by molar-refractivity contribution is 6.06. The number of rotatable bonds is 6. The number of urea groups is 1. The zero-order chi connectivity index (χ0) is 21.3. The molecular weight excluding hydrogens is 382 g/mol. The molecule has 3 N–H and O–H groups in total. The maximum Gasteiger partial charge on any atom is 0.321 e. The predicted octanol–water partition coefficient (Wildman–Crippen LogP) is 3.72. The highest BCUT2D eigenvalue weighted by Gasteiger charge is 2.23. The second-order valence-electron chi connectivity index (χ2n) is 7.49. The molecule has 1 aliphatic carbocycles. The molecule has 30 heavy (non-hydrogen) atoms. The van der Waals surface area contributed by atoms with Gasteiger partial charge in [-0.15, -0.1) is 0 Å². The molecule has 7 nitrogen and oxygen atoms in total. The number of para-hydroxylation sites is 2. The Morgan fingerprint density at radius 3 is 2.43 bits per heavy atom. The lowest BCUT2D eigenvalue weighted by Crippen LogP contribution is -2.48. The molecule has 2 atom stereocenters. The Morgan fingerprint density at radius 1 is 0.967 bits per heavy atom. The van der Waals surface area contributed by atoms with Crippen molar-refractivity contribution in [2.75, 3.05) is 11.9 Å². The largest absolute Gasteiger partial charge is 0.483 e. The van der Waals surface area contributed by atoms with E-state index in [2.05, 4.69) is 22.9 Å². The fourth-order valence-corrected chi connectivity index (χ4v) is 3.54. The lowest BCUT2D eigenvalue weighted by Gasteiger charge is -2.29. The van der Waals surface area contributed by atoms with Crippen LogP contribution in [0.25, 0.3) is 0 Å². The first-order valence-electron chi connectivity index (χ1n) is 10.2. The molecule has 158 valence electrons. The smallest absolute Gasteiger partial charge is 0.321 e. The molecule has 0 aliphatic heterocycles. The summed E-state index contributed by atoms with van der Waals surface area (Å²) in [4.78, 5) is 36.8. The van der Waals surface area contributed by atoms with Crippen LogP contribution in [0.3, 0.4) is 0 Å². The Kier molecular flexibility index (Phi) is 7.43. The normalized spacial score (nSPS) is 18.2. The number of anilines is 1. The Morgan fingerprint density at radius 2 is 1.67 bits per heavy atom. The first-order chi connectivity index (χ1) is 14.5. The minimum atomic E-state index is -0.575. The molecule has 2 aromatic carbocycles. The van der Waals surface area contributed by atoms with E-state index in [1.165, 1.54) is 6.42 Å². The van der Waals surface area contributed by atoms with Gasteiger partial charge >= 0.3 is 6.03 Å². The van der Waals surface area contributed by atoms with E-state index >= 15 is 0 Å². The average Bonchev–Trinajstić information content (AvgIpc) is 2.75. The van der Waals surface area contributed by atoms with E-state index in [1.807, 2.05) is 18.2 Å². The van der Waals surface area contributed by atoms with Gasteiger partial charge in [0.1, 0.15) is 5.75 Å². The third kappa shape index (κ3) is 6.07.